The predicted octanol–water partition coefficient (Wildman–Crippen LogP) is 5.34. The van der Waals surface area contributed by atoms with E-state index in [-0.39, 0.29) is 11.0 Å². The Labute approximate surface area is 300 Å². The lowest BCUT2D eigenvalue weighted by atomic mass is 10.0. The van der Waals surface area contributed by atoms with E-state index in [1.165, 1.54) is 17.5 Å². The van der Waals surface area contributed by atoms with E-state index < -0.39 is 15.6 Å². The SMILES string of the molecule is COc1cc(N2CCC(N3CCN(CCC(=O)OC(C)(C)C)CC3)CC2)ccc1Nc1ncc(Cl)c(Nc2ccccc2N(C)S(C)(=O)=O)n1. The Morgan fingerprint density at radius 1 is 1.02 bits per heavy atom. The molecule has 2 N–H and O–H groups in total. The van der Waals surface area contributed by atoms with Gasteiger partial charge in [0.05, 0.1) is 43.0 Å². The number of halogens is 1. The molecule has 2 fully saturated rings. The number of anilines is 6. The first-order valence-electron chi connectivity index (χ1n) is 16.9. The standard InChI is InChI=1S/C35H49ClN8O5S/c1-35(2,3)49-32(45)15-16-42-19-21-44(22-20-42)25-13-17-43(18-14-25)26-11-12-29(31(23-26)48-5)39-34-37-24-27(36)33(40-34)38-28-9-7-8-10-30(28)41(4)50(6,46)47/h7-12,23-25H,13-22H2,1-6H3,(H2,37,38,39,40). The van der Waals surface area contributed by atoms with Gasteiger partial charge < -0.3 is 29.9 Å². The number of esters is 1. The van der Waals surface area contributed by atoms with Gasteiger partial charge in [0.1, 0.15) is 16.4 Å². The lowest BCUT2D eigenvalue weighted by molar-refractivity contribution is -0.155. The number of hydrogen-bond donors (Lipinski definition) is 2. The Morgan fingerprint density at radius 2 is 1.72 bits per heavy atom. The average Bonchev–Trinajstić information content (AvgIpc) is 3.08. The van der Waals surface area contributed by atoms with Crippen LogP contribution in [0.15, 0.2) is 48.7 Å². The fourth-order valence-electron chi connectivity index (χ4n) is 6.26. The highest BCUT2D eigenvalue weighted by molar-refractivity contribution is 7.92. The van der Waals surface area contributed by atoms with E-state index in [1.807, 2.05) is 32.9 Å². The number of piperidine rings is 1. The summed E-state index contributed by atoms with van der Waals surface area (Å²) in [4.78, 5) is 28.4. The van der Waals surface area contributed by atoms with Gasteiger partial charge in [0.2, 0.25) is 16.0 Å². The summed E-state index contributed by atoms with van der Waals surface area (Å²) in [5.41, 5.74) is 2.32. The molecule has 3 aromatic rings. The molecule has 0 amide bonds. The number of ether oxygens (including phenoxy) is 2. The maximum absolute atomic E-state index is 12.2. The molecule has 2 saturated heterocycles. The van der Waals surface area contributed by atoms with Crippen molar-refractivity contribution in [3.63, 3.8) is 0 Å². The van der Waals surface area contributed by atoms with Gasteiger partial charge in [-0.2, -0.15) is 4.98 Å². The summed E-state index contributed by atoms with van der Waals surface area (Å²) >= 11 is 6.45. The van der Waals surface area contributed by atoms with Crippen LogP contribution in [0.5, 0.6) is 5.75 Å². The summed E-state index contributed by atoms with van der Waals surface area (Å²) in [6.45, 7) is 12.3. The summed E-state index contributed by atoms with van der Waals surface area (Å²) in [5, 5.41) is 6.67. The fraction of sp³-hybridized carbons (Fsp3) is 0.514. The van der Waals surface area contributed by atoms with Crippen LogP contribution in [0.2, 0.25) is 5.02 Å². The van der Waals surface area contributed by atoms with Crippen LogP contribution < -0.4 is 24.6 Å². The molecule has 0 bridgehead atoms. The second-order valence-electron chi connectivity index (χ2n) is 13.7. The van der Waals surface area contributed by atoms with E-state index in [1.54, 1.807) is 31.4 Å². The zero-order valence-corrected chi connectivity index (χ0v) is 31.4. The lowest BCUT2D eigenvalue weighted by Crippen LogP contribution is -2.53. The number of nitrogens with one attached hydrogen (secondary N) is 2. The number of sulfonamides is 1. The van der Waals surface area contributed by atoms with Crippen molar-refractivity contribution in [1.82, 2.24) is 19.8 Å². The molecule has 1 aromatic heterocycles. The molecule has 0 aliphatic carbocycles. The zero-order chi connectivity index (χ0) is 36.1. The molecule has 5 rings (SSSR count). The van der Waals surface area contributed by atoms with Gasteiger partial charge in [-0.25, -0.2) is 13.4 Å². The Bertz CT molecular complexity index is 1740. The minimum Gasteiger partial charge on any atom is -0.494 e. The van der Waals surface area contributed by atoms with Gasteiger partial charge in [0.15, 0.2) is 5.82 Å². The molecule has 2 aromatic carbocycles. The summed E-state index contributed by atoms with van der Waals surface area (Å²) in [6, 6.07) is 13.6. The van der Waals surface area contributed by atoms with Crippen molar-refractivity contribution < 1.29 is 22.7 Å². The Hall–Kier alpha value is -3.85. The van der Waals surface area contributed by atoms with Crippen LogP contribution in [0.3, 0.4) is 0 Å². The molecule has 50 heavy (non-hydrogen) atoms. The fourth-order valence-corrected chi connectivity index (χ4v) is 6.91. The van der Waals surface area contributed by atoms with Gasteiger partial charge in [0, 0.05) is 70.7 Å². The van der Waals surface area contributed by atoms with Gasteiger partial charge >= 0.3 is 5.97 Å². The third-order valence-electron chi connectivity index (χ3n) is 8.97. The van der Waals surface area contributed by atoms with Crippen LogP contribution in [-0.2, 0) is 19.6 Å². The molecule has 2 aliphatic rings. The van der Waals surface area contributed by atoms with Gasteiger partial charge in [-0.05, 0) is 57.9 Å². The van der Waals surface area contributed by atoms with E-state index >= 15 is 0 Å². The highest BCUT2D eigenvalue weighted by Gasteiger charge is 2.28. The number of benzene rings is 2. The van der Waals surface area contributed by atoms with Crippen molar-refractivity contribution in [2.24, 2.45) is 0 Å². The number of piperazine rings is 1. The summed E-state index contributed by atoms with van der Waals surface area (Å²) in [5.74, 6) is 1.13. The summed E-state index contributed by atoms with van der Waals surface area (Å²) in [6.07, 6.45) is 5.22. The Balaban J connectivity index is 1.16. The minimum atomic E-state index is -3.49. The molecular weight excluding hydrogens is 680 g/mol. The minimum absolute atomic E-state index is 0.131. The maximum Gasteiger partial charge on any atom is 0.307 e. The monoisotopic (exact) mass is 728 g/mol. The van der Waals surface area contributed by atoms with Crippen LogP contribution in [0, 0.1) is 0 Å². The van der Waals surface area contributed by atoms with Crippen molar-refractivity contribution in [2.45, 2.75) is 51.7 Å². The first-order chi connectivity index (χ1) is 23.7. The van der Waals surface area contributed by atoms with Crippen LogP contribution in [0.25, 0.3) is 0 Å². The normalized spacial score (nSPS) is 16.6. The average molecular weight is 729 g/mol. The van der Waals surface area contributed by atoms with E-state index in [9.17, 15) is 13.2 Å². The number of nitrogens with zero attached hydrogens (tertiary/aromatic N) is 6. The highest BCUT2D eigenvalue weighted by atomic mass is 35.5. The number of methoxy groups -OCH3 is 1. The van der Waals surface area contributed by atoms with Crippen LogP contribution in [0.4, 0.5) is 34.5 Å². The largest absolute Gasteiger partial charge is 0.494 e. The van der Waals surface area contributed by atoms with Gasteiger partial charge in [-0.1, -0.05) is 23.7 Å². The van der Waals surface area contributed by atoms with Crippen LogP contribution >= 0.6 is 11.6 Å². The van der Waals surface area contributed by atoms with Gasteiger partial charge in [-0.15, -0.1) is 0 Å². The molecule has 0 saturated carbocycles. The molecule has 15 heteroatoms. The van der Waals surface area contributed by atoms with E-state index in [0.29, 0.717) is 47.0 Å². The lowest BCUT2D eigenvalue weighted by Gasteiger charge is -2.43. The molecule has 0 radical (unpaired) electrons. The first kappa shape index (κ1) is 37.4. The second kappa shape index (κ2) is 16.0. The van der Waals surface area contributed by atoms with Crippen molar-refractivity contribution in [3.05, 3.63) is 53.7 Å². The molecule has 0 spiro atoms. The predicted molar refractivity (Wildman–Crippen MR) is 200 cm³/mol. The Morgan fingerprint density at radius 3 is 2.38 bits per heavy atom. The van der Waals surface area contributed by atoms with Crippen molar-refractivity contribution >= 4 is 62.1 Å². The first-order valence-corrected chi connectivity index (χ1v) is 19.1. The number of para-hydroxylation sites is 2. The Kier molecular flexibility index (Phi) is 12.0. The number of hydrogen-bond acceptors (Lipinski definition) is 12. The third kappa shape index (κ3) is 9.89. The van der Waals surface area contributed by atoms with Crippen LogP contribution in [-0.4, -0.2) is 112 Å². The second-order valence-corrected chi connectivity index (χ2v) is 16.1. The maximum atomic E-state index is 12.2. The van der Waals surface area contributed by atoms with Gasteiger partial charge in [0.25, 0.3) is 0 Å². The van der Waals surface area contributed by atoms with Crippen molar-refractivity contribution in [1.29, 1.82) is 0 Å². The molecule has 13 nitrogen and oxygen atoms in total. The van der Waals surface area contributed by atoms with E-state index in [0.717, 1.165) is 70.6 Å². The van der Waals surface area contributed by atoms with Gasteiger partial charge in [-0.3, -0.25) is 14.0 Å². The molecular formula is C35H49ClN8O5S. The molecule has 2 aliphatic heterocycles. The van der Waals surface area contributed by atoms with E-state index in [4.69, 9.17) is 21.1 Å². The zero-order valence-electron chi connectivity index (χ0n) is 29.8. The number of carbonyl (C=O) groups is 1. The van der Waals surface area contributed by atoms with Crippen molar-refractivity contribution in [2.75, 3.05) is 86.1 Å². The topological polar surface area (TPSA) is 132 Å². The highest BCUT2D eigenvalue weighted by Crippen LogP contribution is 2.35. The molecule has 0 atom stereocenters. The summed E-state index contributed by atoms with van der Waals surface area (Å²) < 4.78 is 36.8. The number of aromatic nitrogens is 2. The third-order valence-corrected chi connectivity index (χ3v) is 10.4. The molecule has 272 valence electrons. The number of rotatable bonds is 12. The van der Waals surface area contributed by atoms with Crippen molar-refractivity contribution in [3.8, 4) is 5.75 Å². The van der Waals surface area contributed by atoms with E-state index in [2.05, 4.69) is 41.4 Å². The molecule has 3 heterocycles. The summed E-state index contributed by atoms with van der Waals surface area (Å²) in [7, 11) is -0.362. The molecule has 0 unspecified atom stereocenters. The quantitative estimate of drug-likeness (QED) is 0.234. The smallest absolute Gasteiger partial charge is 0.307 e. The van der Waals surface area contributed by atoms with Crippen LogP contribution in [0.1, 0.15) is 40.0 Å². The number of carbonyl (C=O) groups excluding carboxylic acids is 1.